The molecule has 21 heavy (non-hydrogen) atoms. The molecule has 0 atom stereocenters. The Kier molecular flexibility index (Phi) is 5.32. The van der Waals surface area contributed by atoms with E-state index in [-0.39, 0.29) is 5.91 Å². The number of amides is 1. The van der Waals surface area contributed by atoms with Crippen molar-refractivity contribution >= 4 is 22.4 Å². The molecule has 1 aliphatic heterocycles. The Balaban J connectivity index is 1.72. The summed E-state index contributed by atoms with van der Waals surface area (Å²) in [6.45, 7) is 10.1. The van der Waals surface area contributed by atoms with E-state index in [9.17, 15) is 9.90 Å². The predicted molar refractivity (Wildman–Crippen MR) is 84.7 cm³/mol. The topological polar surface area (TPSA) is 68.7 Å². The molecule has 118 valence electrons. The van der Waals surface area contributed by atoms with Crippen LogP contribution in [0, 0.1) is 6.92 Å². The quantitative estimate of drug-likeness (QED) is 0.841. The standard InChI is InChI=1S/C14H24N4O2S/c1-11-9-21-13(15-11)16-12(19)8-17-4-6-18(7-5-17)10-14(2,3)20/h9,20H,4-8,10H2,1-3H3,(H,15,16,19). The molecular formula is C14H24N4O2S. The third-order valence-electron chi connectivity index (χ3n) is 3.31. The van der Waals surface area contributed by atoms with Crippen LogP contribution in [0.4, 0.5) is 5.13 Å². The number of nitrogens with zero attached hydrogens (tertiary/aromatic N) is 3. The molecule has 0 spiro atoms. The Labute approximate surface area is 129 Å². The number of aromatic nitrogens is 1. The van der Waals surface area contributed by atoms with Crippen LogP contribution in [0.25, 0.3) is 0 Å². The Morgan fingerprint density at radius 1 is 1.38 bits per heavy atom. The Bertz CT molecular complexity index is 476. The van der Waals surface area contributed by atoms with Crippen molar-refractivity contribution in [1.82, 2.24) is 14.8 Å². The number of β-amino-alcohol motifs (C(OH)–C–C–N with tert-alkyl or cyclic N) is 1. The second kappa shape index (κ2) is 6.83. The van der Waals surface area contributed by atoms with Gasteiger partial charge in [-0.1, -0.05) is 0 Å². The number of nitrogens with one attached hydrogen (secondary N) is 1. The van der Waals surface area contributed by atoms with Crippen LogP contribution in [-0.4, -0.2) is 70.7 Å². The van der Waals surface area contributed by atoms with Gasteiger partial charge in [0.25, 0.3) is 0 Å². The van der Waals surface area contributed by atoms with Crippen molar-refractivity contribution in [3.8, 4) is 0 Å². The molecule has 2 N–H and O–H groups in total. The van der Waals surface area contributed by atoms with Crippen LogP contribution in [0.1, 0.15) is 19.5 Å². The number of carbonyl (C=O) groups is 1. The van der Waals surface area contributed by atoms with Gasteiger partial charge in [-0.25, -0.2) is 4.98 Å². The molecular weight excluding hydrogens is 288 g/mol. The lowest BCUT2D eigenvalue weighted by atomic mass is 10.1. The molecule has 2 heterocycles. The van der Waals surface area contributed by atoms with Crippen molar-refractivity contribution in [2.75, 3.05) is 44.6 Å². The molecule has 0 radical (unpaired) electrons. The van der Waals surface area contributed by atoms with Gasteiger partial charge in [-0.15, -0.1) is 11.3 Å². The number of anilines is 1. The highest BCUT2D eigenvalue weighted by Crippen LogP contribution is 2.14. The molecule has 0 aromatic carbocycles. The minimum absolute atomic E-state index is 0.0136. The van der Waals surface area contributed by atoms with Crippen LogP contribution < -0.4 is 5.32 Å². The third-order valence-corrected chi connectivity index (χ3v) is 4.18. The van der Waals surface area contributed by atoms with Crippen molar-refractivity contribution in [2.45, 2.75) is 26.4 Å². The molecule has 7 heteroatoms. The van der Waals surface area contributed by atoms with Gasteiger partial charge in [-0.05, 0) is 20.8 Å². The molecule has 0 unspecified atom stereocenters. The molecule has 0 aliphatic carbocycles. The maximum Gasteiger partial charge on any atom is 0.240 e. The summed E-state index contributed by atoms with van der Waals surface area (Å²) in [4.78, 5) is 20.6. The molecule has 1 fully saturated rings. The van der Waals surface area contributed by atoms with E-state index in [1.165, 1.54) is 11.3 Å². The number of hydrogen-bond acceptors (Lipinski definition) is 6. The van der Waals surface area contributed by atoms with Crippen molar-refractivity contribution < 1.29 is 9.90 Å². The van der Waals surface area contributed by atoms with E-state index in [1.807, 2.05) is 26.2 Å². The number of hydrogen-bond donors (Lipinski definition) is 2. The number of carbonyl (C=O) groups excluding carboxylic acids is 1. The van der Waals surface area contributed by atoms with Gasteiger partial charge < -0.3 is 10.4 Å². The van der Waals surface area contributed by atoms with Gasteiger partial charge in [0.15, 0.2) is 5.13 Å². The summed E-state index contributed by atoms with van der Waals surface area (Å²) in [7, 11) is 0. The fourth-order valence-corrected chi connectivity index (χ4v) is 3.13. The summed E-state index contributed by atoms with van der Waals surface area (Å²) >= 11 is 1.45. The zero-order valence-electron chi connectivity index (χ0n) is 12.9. The fourth-order valence-electron chi connectivity index (χ4n) is 2.43. The zero-order valence-corrected chi connectivity index (χ0v) is 13.7. The molecule has 1 amide bonds. The lowest BCUT2D eigenvalue weighted by Crippen LogP contribution is -2.51. The highest BCUT2D eigenvalue weighted by molar-refractivity contribution is 7.13. The molecule has 1 saturated heterocycles. The van der Waals surface area contributed by atoms with Gasteiger partial charge in [-0.2, -0.15) is 0 Å². The van der Waals surface area contributed by atoms with E-state index in [0.29, 0.717) is 18.2 Å². The van der Waals surface area contributed by atoms with E-state index < -0.39 is 5.60 Å². The number of aliphatic hydroxyl groups is 1. The van der Waals surface area contributed by atoms with E-state index >= 15 is 0 Å². The minimum atomic E-state index is -0.664. The molecule has 1 aliphatic rings. The summed E-state index contributed by atoms with van der Waals surface area (Å²) in [6, 6.07) is 0. The van der Waals surface area contributed by atoms with Crippen LogP contribution in [-0.2, 0) is 4.79 Å². The number of thiazole rings is 1. The first-order chi connectivity index (χ1) is 9.82. The van der Waals surface area contributed by atoms with Crippen molar-refractivity contribution in [1.29, 1.82) is 0 Å². The van der Waals surface area contributed by atoms with Crippen molar-refractivity contribution in [3.05, 3.63) is 11.1 Å². The van der Waals surface area contributed by atoms with E-state index in [4.69, 9.17) is 0 Å². The minimum Gasteiger partial charge on any atom is -0.389 e. The maximum atomic E-state index is 12.0. The van der Waals surface area contributed by atoms with Gasteiger partial charge in [0.1, 0.15) is 0 Å². The molecule has 0 saturated carbocycles. The van der Waals surface area contributed by atoms with E-state index in [2.05, 4.69) is 20.1 Å². The molecule has 6 nitrogen and oxygen atoms in total. The summed E-state index contributed by atoms with van der Waals surface area (Å²) in [5, 5.41) is 15.2. The fraction of sp³-hybridized carbons (Fsp3) is 0.714. The first-order valence-corrected chi connectivity index (χ1v) is 8.09. The lowest BCUT2D eigenvalue weighted by molar-refractivity contribution is -0.117. The maximum absolute atomic E-state index is 12.0. The van der Waals surface area contributed by atoms with Crippen LogP contribution in [0.3, 0.4) is 0 Å². The van der Waals surface area contributed by atoms with Gasteiger partial charge in [-0.3, -0.25) is 14.6 Å². The lowest BCUT2D eigenvalue weighted by Gasteiger charge is -2.36. The molecule has 1 aromatic rings. The first kappa shape index (κ1) is 16.4. The highest BCUT2D eigenvalue weighted by atomic mass is 32.1. The van der Waals surface area contributed by atoms with Gasteiger partial charge in [0.05, 0.1) is 17.8 Å². The predicted octanol–water partition coefficient (Wildman–Crippen LogP) is 0.779. The smallest absolute Gasteiger partial charge is 0.240 e. The number of aryl methyl sites for hydroxylation is 1. The van der Waals surface area contributed by atoms with Crippen molar-refractivity contribution in [2.24, 2.45) is 0 Å². The van der Waals surface area contributed by atoms with Gasteiger partial charge in [0, 0.05) is 38.1 Å². The Morgan fingerprint density at radius 3 is 2.52 bits per heavy atom. The van der Waals surface area contributed by atoms with Crippen LogP contribution in [0.2, 0.25) is 0 Å². The second-order valence-electron chi connectivity index (χ2n) is 6.21. The largest absolute Gasteiger partial charge is 0.389 e. The van der Waals surface area contributed by atoms with Crippen LogP contribution in [0.5, 0.6) is 0 Å². The monoisotopic (exact) mass is 312 g/mol. The number of piperazine rings is 1. The van der Waals surface area contributed by atoms with Crippen LogP contribution >= 0.6 is 11.3 Å². The SMILES string of the molecule is Cc1csc(NC(=O)CN2CCN(CC(C)(C)O)CC2)n1. The van der Waals surface area contributed by atoms with Crippen LogP contribution in [0.15, 0.2) is 5.38 Å². The average Bonchev–Trinajstić information content (AvgIpc) is 2.75. The average molecular weight is 312 g/mol. The normalized spacial score (nSPS) is 17.9. The summed E-state index contributed by atoms with van der Waals surface area (Å²) in [6.07, 6.45) is 0. The molecule has 1 aromatic heterocycles. The third kappa shape index (κ3) is 5.70. The van der Waals surface area contributed by atoms with E-state index in [1.54, 1.807) is 0 Å². The summed E-state index contributed by atoms with van der Waals surface area (Å²) in [5.74, 6) is -0.0136. The van der Waals surface area contributed by atoms with Gasteiger partial charge in [0.2, 0.25) is 5.91 Å². The summed E-state index contributed by atoms with van der Waals surface area (Å²) in [5.41, 5.74) is 0.262. The first-order valence-electron chi connectivity index (χ1n) is 7.21. The zero-order chi connectivity index (χ0) is 15.5. The summed E-state index contributed by atoms with van der Waals surface area (Å²) < 4.78 is 0. The Hall–Kier alpha value is -1.02. The van der Waals surface area contributed by atoms with Crippen molar-refractivity contribution in [3.63, 3.8) is 0 Å². The van der Waals surface area contributed by atoms with E-state index in [0.717, 1.165) is 31.9 Å². The number of rotatable bonds is 5. The molecule has 2 rings (SSSR count). The second-order valence-corrected chi connectivity index (χ2v) is 7.07. The van der Waals surface area contributed by atoms with Gasteiger partial charge >= 0.3 is 0 Å². The Morgan fingerprint density at radius 2 is 2.00 bits per heavy atom. The highest BCUT2D eigenvalue weighted by Gasteiger charge is 2.23. The molecule has 0 bridgehead atoms.